The Morgan fingerprint density at radius 1 is 1.25 bits per heavy atom. The molecular weight excluding hydrogens is 256 g/mol. The van der Waals surface area contributed by atoms with E-state index in [1.165, 1.54) is 0 Å². The van der Waals surface area contributed by atoms with Gasteiger partial charge in [-0.05, 0) is 31.5 Å². The molecule has 20 heavy (non-hydrogen) atoms. The number of nitrogens with one attached hydrogen (secondary N) is 1. The van der Waals surface area contributed by atoms with Crippen molar-refractivity contribution in [3.05, 3.63) is 35.4 Å². The van der Waals surface area contributed by atoms with Crippen molar-refractivity contribution in [1.29, 1.82) is 0 Å². The summed E-state index contributed by atoms with van der Waals surface area (Å²) in [5.41, 5.74) is 1.58. The van der Waals surface area contributed by atoms with Gasteiger partial charge in [-0.1, -0.05) is 12.1 Å². The van der Waals surface area contributed by atoms with Crippen LogP contribution in [0.2, 0.25) is 0 Å². The minimum Gasteiger partial charge on any atom is -0.369 e. The summed E-state index contributed by atoms with van der Waals surface area (Å²) in [6, 6.07) is 7.18. The summed E-state index contributed by atoms with van der Waals surface area (Å²) >= 11 is 0. The molecule has 0 aliphatic rings. The van der Waals surface area contributed by atoms with E-state index in [1.807, 2.05) is 26.0 Å². The Morgan fingerprint density at radius 3 is 2.35 bits per heavy atom. The van der Waals surface area contributed by atoms with Crippen LogP contribution in [-0.2, 0) is 16.1 Å². The number of carbonyl (C=O) groups excluding carboxylic acids is 2. The third kappa shape index (κ3) is 5.01. The highest BCUT2D eigenvalue weighted by molar-refractivity contribution is 5.93. The minimum absolute atomic E-state index is 0.0409. The van der Waals surface area contributed by atoms with Crippen LogP contribution in [0.15, 0.2) is 24.3 Å². The molecule has 0 aromatic heterocycles. The minimum atomic E-state index is -0.119. The van der Waals surface area contributed by atoms with Gasteiger partial charge in [-0.15, -0.1) is 0 Å². The summed E-state index contributed by atoms with van der Waals surface area (Å²) < 4.78 is 5.28. The third-order valence-corrected chi connectivity index (χ3v) is 2.83. The van der Waals surface area contributed by atoms with Crippen molar-refractivity contribution in [2.75, 3.05) is 20.7 Å². The molecule has 0 saturated carbocycles. The van der Waals surface area contributed by atoms with Gasteiger partial charge in [0.2, 0.25) is 5.91 Å². The molecule has 0 spiro atoms. The highest BCUT2D eigenvalue weighted by Gasteiger charge is 2.10. The lowest BCUT2D eigenvalue weighted by Crippen LogP contribution is -2.30. The second-order valence-electron chi connectivity index (χ2n) is 4.89. The van der Waals surface area contributed by atoms with E-state index in [9.17, 15) is 9.59 Å². The lowest BCUT2D eigenvalue weighted by atomic mass is 10.1. The number of benzene rings is 1. The average Bonchev–Trinajstić information content (AvgIpc) is 2.44. The van der Waals surface area contributed by atoms with Gasteiger partial charge < -0.3 is 15.0 Å². The van der Waals surface area contributed by atoms with Crippen LogP contribution < -0.4 is 5.32 Å². The first kappa shape index (κ1) is 16.2. The maximum Gasteiger partial charge on any atom is 0.251 e. The van der Waals surface area contributed by atoms with Crippen LogP contribution in [0.25, 0.3) is 0 Å². The first-order valence-electron chi connectivity index (χ1n) is 6.60. The van der Waals surface area contributed by atoms with E-state index >= 15 is 0 Å². The van der Waals surface area contributed by atoms with Crippen molar-refractivity contribution in [2.24, 2.45) is 0 Å². The first-order chi connectivity index (χ1) is 9.43. The molecule has 1 aromatic rings. The highest BCUT2D eigenvalue weighted by Crippen LogP contribution is 2.07. The quantitative estimate of drug-likeness (QED) is 0.856. The largest absolute Gasteiger partial charge is 0.369 e. The molecule has 5 heteroatoms. The van der Waals surface area contributed by atoms with E-state index < -0.39 is 0 Å². The number of nitrogens with zero attached hydrogens (tertiary/aromatic N) is 1. The van der Waals surface area contributed by atoms with E-state index in [0.29, 0.717) is 12.1 Å². The number of rotatable bonds is 6. The summed E-state index contributed by atoms with van der Waals surface area (Å²) in [4.78, 5) is 24.8. The lowest BCUT2D eigenvalue weighted by molar-refractivity contribution is -0.136. The smallest absolute Gasteiger partial charge is 0.251 e. The predicted molar refractivity (Wildman–Crippen MR) is 77.4 cm³/mol. The fourth-order valence-corrected chi connectivity index (χ4v) is 1.62. The summed E-state index contributed by atoms with van der Waals surface area (Å²) in [7, 11) is 3.33. The second-order valence-corrected chi connectivity index (χ2v) is 4.89. The Bertz CT molecular complexity index is 455. The van der Waals surface area contributed by atoms with Crippen LogP contribution in [0, 0.1) is 0 Å². The topological polar surface area (TPSA) is 58.6 Å². The Hall–Kier alpha value is -1.88. The zero-order valence-electron chi connectivity index (χ0n) is 12.5. The highest BCUT2D eigenvalue weighted by atomic mass is 16.5. The molecule has 110 valence electrons. The molecule has 5 nitrogen and oxygen atoms in total. The number of hydrogen-bond acceptors (Lipinski definition) is 3. The molecule has 0 unspecified atom stereocenters. The maximum absolute atomic E-state index is 11.8. The molecule has 2 amide bonds. The van der Waals surface area contributed by atoms with Crippen LogP contribution in [0.1, 0.15) is 29.8 Å². The molecule has 1 aromatic carbocycles. The van der Waals surface area contributed by atoms with E-state index in [-0.39, 0.29) is 24.5 Å². The Morgan fingerprint density at radius 2 is 1.85 bits per heavy atom. The molecule has 0 aliphatic heterocycles. The predicted octanol–water partition coefficient (Wildman–Crippen LogP) is 1.43. The molecule has 0 heterocycles. The number of likely N-dealkylation sites (N-methyl/N-ethyl adjacent to an activating group) is 1. The number of carbonyl (C=O) groups is 2. The zero-order chi connectivity index (χ0) is 15.1. The van der Waals surface area contributed by atoms with Crippen LogP contribution in [0.4, 0.5) is 0 Å². The molecule has 0 saturated heterocycles. The van der Waals surface area contributed by atoms with Crippen LogP contribution in [0.3, 0.4) is 0 Å². The Kier molecular flexibility index (Phi) is 6.18. The van der Waals surface area contributed by atoms with Gasteiger partial charge in [0.15, 0.2) is 0 Å². The van der Waals surface area contributed by atoms with Crippen molar-refractivity contribution in [3.8, 4) is 0 Å². The van der Waals surface area contributed by atoms with Gasteiger partial charge in [0.25, 0.3) is 5.91 Å². The number of ether oxygens (including phenoxy) is 1. The molecule has 0 bridgehead atoms. The lowest BCUT2D eigenvalue weighted by Gasteiger charge is -2.18. The molecule has 1 rings (SSSR count). The van der Waals surface area contributed by atoms with Gasteiger partial charge in [0.1, 0.15) is 6.61 Å². The number of amides is 2. The Balaban J connectivity index is 2.55. The SMILES string of the molecule is CNC(=O)c1ccc(CN(C)C(=O)COC(C)C)cc1. The molecule has 0 atom stereocenters. The summed E-state index contributed by atoms with van der Waals surface area (Å²) in [5, 5.41) is 2.57. The van der Waals surface area contributed by atoms with Gasteiger partial charge in [-0.2, -0.15) is 0 Å². The Labute approximate surface area is 119 Å². The molecule has 1 N–H and O–H groups in total. The normalized spacial score (nSPS) is 10.4. The van der Waals surface area contributed by atoms with Gasteiger partial charge in [-0.3, -0.25) is 9.59 Å². The molecule has 0 radical (unpaired) electrons. The number of hydrogen-bond donors (Lipinski definition) is 1. The van der Waals surface area contributed by atoms with Crippen molar-refractivity contribution in [2.45, 2.75) is 26.5 Å². The van der Waals surface area contributed by atoms with Gasteiger partial charge >= 0.3 is 0 Å². The molecular formula is C15H22N2O3. The van der Waals surface area contributed by atoms with Gasteiger partial charge in [0.05, 0.1) is 6.10 Å². The van der Waals surface area contributed by atoms with Crippen molar-refractivity contribution in [3.63, 3.8) is 0 Å². The zero-order valence-corrected chi connectivity index (χ0v) is 12.5. The van der Waals surface area contributed by atoms with Gasteiger partial charge in [-0.25, -0.2) is 0 Å². The van der Waals surface area contributed by atoms with Crippen LogP contribution >= 0.6 is 0 Å². The van der Waals surface area contributed by atoms with Crippen molar-refractivity contribution >= 4 is 11.8 Å². The van der Waals surface area contributed by atoms with Crippen LogP contribution in [0.5, 0.6) is 0 Å². The average molecular weight is 278 g/mol. The van der Waals surface area contributed by atoms with E-state index in [4.69, 9.17) is 4.74 Å². The summed E-state index contributed by atoms with van der Waals surface area (Å²) in [5.74, 6) is -0.180. The van der Waals surface area contributed by atoms with Crippen LogP contribution in [-0.4, -0.2) is 43.5 Å². The molecule has 0 fully saturated rings. The molecule has 0 aliphatic carbocycles. The van der Waals surface area contributed by atoms with E-state index in [0.717, 1.165) is 5.56 Å². The van der Waals surface area contributed by atoms with Gasteiger partial charge in [0, 0.05) is 26.2 Å². The fourth-order valence-electron chi connectivity index (χ4n) is 1.62. The van der Waals surface area contributed by atoms with Crippen molar-refractivity contribution < 1.29 is 14.3 Å². The standard InChI is InChI=1S/C15H22N2O3/c1-11(2)20-10-14(18)17(4)9-12-5-7-13(8-6-12)15(19)16-3/h5-8,11H,9-10H2,1-4H3,(H,16,19). The third-order valence-electron chi connectivity index (χ3n) is 2.83. The maximum atomic E-state index is 11.8. The summed E-state index contributed by atoms with van der Waals surface area (Å²) in [6.07, 6.45) is 0.0409. The fraction of sp³-hybridized carbons (Fsp3) is 0.467. The van der Waals surface area contributed by atoms with E-state index in [1.54, 1.807) is 31.1 Å². The summed E-state index contributed by atoms with van der Waals surface area (Å²) in [6.45, 7) is 4.37. The van der Waals surface area contributed by atoms with E-state index in [2.05, 4.69) is 5.32 Å². The second kappa shape index (κ2) is 7.65. The first-order valence-corrected chi connectivity index (χ1v) is 6.60. The monoisotopic (exact) mass is 278 g/mol. The van der Waals surface area contributed by atoms with Crippen molar-refractivity contribution in [1.82, 2.24) is 10.2 Å².